The van der Waals surface area contributed by atoms with Crippen LogP contribution in [0.25, 0.3) is 0 Å². The van der Waals surface area contributed by atoms with Gasteiger partial charge in [-0.3, -0.25) is 4.79 Å². The molecule has 8 heteroatoms. The number of amides is 1. The Balaban J connectivity index is 0.00000363. The quantitative estimate of drug-likeness (QED) is 0.169. The highest BCUT2D eigenvalue weighted by Crippen LogP contribution is 2.30. The number of hydrogen-bond acceptors (Lipinski definition) is 4. The summed E-state index contributed by atoms with van der Waals surface area (Å²) in [6.45, 7) is 6.68. The van der Waals surface area contributed by atoms with Gasteiger partial charge in [0.15, 0.2) is 5.96 Å². The summed E-state index contributed by atoms with van der Waals surface area (Å²) in [5.41, 5.74) is 1.79. The van der Waals surface area contributed by atoms with Gasteiger partial charge in [-0.25, -0.2) is 4.99 Å². The third kappa shape index (κ3) is 9.33. The third-order valence-corrected chi connectivity index (χ3v) is 4.71. The molecule has 0 spiro atoms. The van der Waals surface area contributed by atoms with Crippen LogP contribution in [0.3, 0.4) is 0 Å². The lowest BCUT2D eigenvalue weighted by Crippen LogP contribution is -2.39. The van der Waals surface area contributed by atoms with Gasteiger partial charge in [-0.15, -0.1) is 24.0 Å². The van der Waals surface area contributed by atoms with E-state index in [9.17, 15) is 4.79 Å². The highest BCUT2D eigenvalue weighted by atomic mass is 127. The predicted octanol–water partition coefficient (Wildman–Crippen LogP) is 4.19. The Labute approximate surface area is 207 Å². The lowest BCUT2D eigenvalue weighted by Gasteiger charge is -2.14. The van der Waals surface area contributed by atoms with E-state index in [1.165, 1.54) is 19.8 Å². The summed E-state index contributed by atoms with van der Waals surface area (Å²) in [4.78, 5) is 15.9. The van der Waals surface area contributed by atoms with Crippen LogP contribution in [0, 0.1) is 5.92 Å². The number of anilines is 1. The van der Waals surface area contributed by atoms with Crippen LogP contribution < -0.4 is 25.4 Å². The molecule has 1 aliphatic rings. The van der Waals surface area contributed by atoms with Gasteiger partial charge in [-0.2, -0.15) is 0 Å². The number of carbonyl (C=O) groups is 1. The van der Waals surface area contributed by atoms with Crippen LogP contribution in [0.2, 0.25) is 0 Å². The van der Waals surface area contributed by atoms with Crippen molar-refractivity contribution in [3.63, 3.8) is 0 Å². The molecule has 2 aromatic rings. The second-order valence-electron chi connectivity index (χ2n) is 7.54. The van der Waals surface area contributed by atoms with Gasteiger partial charge in [-0.1, -0.05) is 24.3 Å². The third-order valence-electron chi connectivity index (χ3n) is 4.71. The summed E-state index contributed by atoms with van der Waals surface area (Å²) >= 11 is 0. The second kappa shape index (κ2) is 13.8. The molecule has 3 N–H and O–H groups in total. The Hall–Kier alpha value is -2.49. The highest BCUT2D eigenvalue weighted by Gasteiger charge is 2.22. The molecule has 32 heavy (non-hydrogen) atoms. The molecule has 0 saturated heterocycles. The van der Waals surface area contributed by atoms with Crippen molar-refractivity contribution >= 4 is 41.5 Å². The van der Waals surface area contributed by atoms with Gasteiger partial charge < -0.3 is 25.4 Å². The van der Waals surface area contributed by atoms with Crippen LogP contribution in [-0.2, 0) is 11.3 Å². The number of halogens is 1. The minimum atomic E-state index is -0.107. The SMILES string of the molecule is CCNC(=NCc1ccccc1OCC1CC1)NCCOc1cccc(NC(C)=O)c1.I. The van der Waals surface area contributed by atoms with Crippen molar-refractivity contribution in [2.75, 3.05) is 31.6 Å². The van der Waals surface area contributed by atoms with E-state index in [1.54, 1.807) is 6.07 Å². The largest absolute Gasteiger partial charge is 0.493 e. The number of nitrogens with zero attached hydrogens (tertiary/aromatic N) is 1. The zero-order valence-electron chi connectivity index (χ0n) is 18.7. The first-order valence-corrected chi connectivity index (χ1v) is 10.9. The van der Waals surface area contributed by atoms with Crippen LogP contribution in [0.5, 0.6) is 11.5 Å². The molecule has 3 rings (SSSR count). The lowest BCUT2D eigenvalue weighted by molar-refractivity contribution is -0.114. The van der Waals surface area contributed by atoms with Gasteiger partial charge in [0.2, 0.25) is 5.91 Å². The number of rotatable bonds is 11. The smallest absolute Gasteiger partial charge is 0.221 e. The predicted molar refractivity (Wildman–Crippen MR) is 139 cm³/mol. The summed E-state index contributed by atoms with van der Waals surface area (Å²) in [6, 6.07) is 15.4. The van der Waals surface area contributed by atoms with E-state index in [1.807, 2.05) is 43.3 Å². The summed E-state index contributed by atoms with van der Waals surface area (Å²) in [5, 5.41) is 9.30. The van der Waals surface area contributed by atoms with Crippen molar-refractivity contribution in [3.05, 3.63) is 54.1 Å². The fourth-order valence-corrected chi connectivity index (χ4v) is 2.98. The van der Waals surface area contributed by atoms with E-state index in [0.29, 0.717) is 25.4 Å². The first-order valence-electron chi connectivity index (χ1n) is 10.9. The van der Waals surface area contributed by atoms with Crippen molar-refractivity contribution < 1.29 is 14.3 Å². The highest BCUT2D eigenvalue weighted by molar-refractivity contribution is 14.0. The Morgan fingerprint density at radius 2 is 1.91 bits per heavy atom. The maximum Gasteiger partial charge on any atom is 0.221 e. The van der Waals surface area contributed by atoms with Crippen LogP contribution in [0.1, 0.15) is 32.3 Å². The number of ether oxygens (including phenoxy) is 2. The maximum absolute atomic E-state index is 11.2. The molecule has 7 nitrogen and oxygen atoms in total. The van der Waals surface area contributed by atoms with Gasteiger partial charge in [-0.05, 0) is 43.9 Å². The van der Waals surface area contributed by atoms with Crippen molar-refractivity contribution in [2.45, 2.75) is 33.2 Å². The molecule has 0 aliphatic heterocycles. The average Bonchev–Trinajstić information content (AvgIpc) is 3.58. The van der Waals surface area contributed by atoms with E-state index in [0.717, 1.165) is 42.0 Å². The van der Waals surface area contributed by atoms with E-state index in [2.05, 4.69) is 27.0 Å². The molecule has 0 heterocycles. The molecular formula is C24H33IN4O3. The minimum absolute atomic E-state index is 0. The number of hydrogen-bond donors (Lipinski definition) is 3. The first kappa shape index (κ1) is 25.8. The maximum atomic E-state index is 11.2. The molecule has 174 valence electrons. The van der Waals surface area contributed by atoms with Crippen LogP contribution in [0.4, 0.5) is 5.69 Å². The molecule has 0 unspecified atom stereocenters. The molecular weight excluding hydrogens is 519 g/mol. The Kier molecular flexibility index (Phi) is 11.1. The van der Waals surface area contributed by atoms with Gasteiger partial charge in [0.25, 0.3) is 0 Å². The lowest BCUT2D eigenvalue weighted by atomic mass is 10.2. The zero-order chi connectivity index (χ0) is 21.9. The molecule has 1 fully saturated rings. The number of carbonyl (C=O) groups excluding carboxylic acids is 1. The first-order chi connectivity index (χ1) is 15.1. The molecule has 0 aromatic heterocycles. The van der Waals surface area contributed by atoms with Crippen molar-refractivity contribution in [2.24, 2.45) is 10.9 Å². The summed E-state index contributed by atoms with van der Waals surface area (Å²) in [6.07, 6.45) is 2.54. The number of para-hydroxylation sites is 1. The number of guanidine groups is 1. The standard InChI is InChI=1S/C24H32N4O3.HI/c1-3-25-24(26-13-14-30-22-9-6-8-21(15-22)28-18(2)29)27-16-20-7-4-5-10-23(20)31-17-19-11-12-19;/h4-10,15,19H,3,11-14,16-17H2,1-2H3,(H,28,29)(H2,25,26,27);1H. The number of nitrogens with one attached hydrogen (secondary N) is 3. The fraction of sp³-hybridized carbons (Fsp3) is 0.417. The topological polar surface area (TPSA) is 84.0 Å². The molecule has 0 atom stereocenters. The summed E-state index contributed by atoms with van der Waals surface area (Å²) < 4.78 is 11.8. The molecule has 1 saturated carbocycles. The fourth-order valence-electron chi connectivity index (χ4n) is 2.98. The average molecular weight is 552 g/mol. The molecule has 2 aromatic carbocycles. The van der Waals surface area contributed by atoms with Gasteiger partial charge in [0.1, 0.15) is 18.1 Å². The van der Waals surface area contributed by atoms with Gasteiger partial charge in [0.05, 0.1) is 19.7 Å². The van der Waals surface area contributed by atoms with Crippen LogP contribution in [0.15, 0.2) is 53.5 Å². The van der Waals surface area contributed by atoms with Crippen LogP contribution in [-0.4, -0.2) is 38.2 Å². The summed E-state index contributed by atoms with van der Waals surface area (Å²) in [5.74, 6) is 2.96. The normalized spacial score (nSPS) is 13.0. The monoisotopic (exact) mass is 552 g/mol. The summed E-state index contributed by atoms with van der Waals surface area (Å²) in [7, 11) is 0. The van der Waals surface area contributed by atoms with Gasteiger partial charge >= 0.3 is 0 Å². The van der Waals surface area contributed by atoms with Gasteiger partial charge in [0, 0.05) is 30.8 Å². The minimum Gasteiger partial charge on any atom is -0.493 e. The Morgan fingerprint density at radius 3 is 2.66 bits per heavy atom. The van der Waals surface area contributed by atoms with E-state index >= 15 is 0 Å². The van der Waals surface area contributed by atoms with Crippen molar-refractivity contribution in [1.29, 1.82) is 0 Å². The number of benzene rings is 2. The van der Waals surface area contributed by atoms with E-state index in [-0.39, 0.29) is 29.9 Å². The van der Waals surface area contributed by atoms with E-state index in [4.69, 9.17) is 9.47 Å². The second-order valence-corrected chi connectivity index (χ2v) is 7.54. The molecule has 0 radical (unpaired) electrons. The van der Waals surface area contributed by atoms with Crippen LogP contribution >= 0.6 is 24.0 Å². The Morgan fingerprint density at radius 1 is 1.09 bits per heavy atom. The van der Waals surface area contributed by atoms with Crippen molar-refractivity contribution in [3.8, 4) is 11.5 Å². The zero-order valence-corrected chi connectivity index (χ0v) is 21.1. The Bertz CT molecular complexity index is 887. The van der Waals surface area contributed by atoms with Crippen molar-refractivity contribution in [1.82, 2.24) is 10.6 Å². The molecule has 1 amide bonds. The molecule has 0 bridgehead atoms. The van der Waals surface area contributed by atoms with E-state index < -0.39 is 0 Å². The number of aliphatic imine (C=N–C) groups is 1. The molecule has 1 aliphatic carbocycles.